The van der Waals surface area contributed by atoms with Crippen LogP contribution in [0.5, 0.6) is 0 Å². The van der Waals surface area contributed by atoms with Crippen LogP contribution in [-0.4, -0.2) is 26.8 Å². The molecule has 1 aliphatic rings. The zero-order chi connectivity index (χ0) is 22.4. The first kappa shape index (κ1) is 23.1. The Morgan fingerprint density at radius 3 is 2.81 bits per heavy atom. The third-order valence-corrected chi connectivity index (χ3v) is 6.96. The average Bonchev–Trinajstić information content (AvgIpc) is 2.77. The lowest BCUT2D eigenvalue weighted by Gasteiger charge is -2.27. The molecule has 2 aromatic rings. The zero-order valence-electron chi connectivity index (χ0n) is 18.5. The van der Waals surface area contributed by atoms with Gasteiger partial charge in [0.25, 0.3) is 5.56 Å². The number of nitrogens with zero attached hydrogens (tertiary/aromatic N) is 3. The summed E-state index contributed by atoms with van der Waals surface area (Å²) in [5.41, 5.74) is 1.02. The molecule has 1 aromatic carbocycles. The highest BCUT2D eigenvalue weighted by atomic mass is 32.2. The first-order valence-electron chi connectivity index (χ1n) is 10.9. The Bertz CT molecular complexity index is 1080. The third kappa shape index (κ3) is 5.56. The van der Waals surface area contributed by atoms with Crippen molar-refractivity contribution in [2.45, 2.75) is 70.1 Å². The van der Waals surface area contributed by atoms with E-state index in [4.69, 9.17) is 0 Å². The van der Waals surface area contributed by atoms with Crippen molar-refractivity contribution < 1.29 is 4.79 Å². The van der Waals surface area contributed by atoms with Crippen molar-refractivity contribution >= 4 is 28.6 Å². The molecular weight excluding hydrogens is 408 g/mol. The lowest BCUT2D eigenvalue weighted by molar-refractivity contribution is -0.120. The van der Waals surface area contributed by atoms with Crippen molar-refractivity contribution in [1.29, 1.82) is 5.26 Å². The van der Waals surface area contributed by atoms with Gasteiger partial charge in [0, 0.05) is 6.54 Å². The van der Waals surface area contributed by atoms with Crippen molar-refractivity contribution in [3.63, 3.8) is 0 Å². The highest BCUT2D eigenvalue weighted by molar-refractivity contribution is 7.99. The number of aromatic nitrogens is 2. The zero-order valence-corrected chi connectivity index (χ0v) is 19.3. The van der Waals surface area contributed by atoms with E-state index < -0.39 is 5.54 Å². The first-order valence-corrected chi connectivity index (χ1v) is 11.8. The van der Waals surface area contributed by atoms with Gasteiger partial charge in [0.2, 0.25) is 5.91 Å². The van der Waals surface area contributed by atoms with Gasteiger partial charge in [-0.05, 0) is 57.1 Å². The van der Waals surface area contributed by atoms with Crippen LogP contribution in [0.4, 0.5) is 0 Å². The van der Waals surface area contributed by atoms with Crippen molar-refractivity contribution in [1.82, 2.24) is 14.9 Å². The van der Waals surface area contributed by atoms with Gasteiger partial charge in [0.05, 0.1) is 22.7 Å². The quantitative estimate of drug-likeness (QED) is 0.374. The fourth-order valence-corrected chi connectivity index (χ4v) is 4.42. The molecule has 0 unspecified atom stereocenters. The predicted molar refractivity (Wildman–Crippen MR) is 125 cm³/mol. The molecule has 0 saturated heterocycles. The van der Waals surface area contributed by atoms with E-state index in [2.05, 4.69) is 22.4 Å². The first-order chi connectivity index (χ1) is 14.8. The molecule has 3 rings (SSSR count). The summed E-state index contributed by atoms with van der Waals surface area (Å²) in [7, 11) is 0. The molecule has 31 heavy (non-hydrogen) atoms. The van der Waals surface area contributed by atoms with Gasteiger partial charge in [-0.1, -0.05) is 49.4 Å². The predicted octanol–water partition coefficient (Wildman–Crippen LogP) is 4.43. The Balaban J connectivity index is 1.82. The summed E-state index contributed by atoms with van der Waals surface area (Å²) in [6, 6.07) is 9.50. The van der Waals surface area contributed by atoms with E-state index in [1.807, 2.05) is 32.0 Å². The van der Waals surface area contributed by atoms with E-state index in [1.165, 1.54) is 30.2 Å². The SMILES string of the molecule is CC(C)[C@@](C)(C#N)NC(=O)CSc1nc2ccccc2c(=O)n1CCC1=CCCCC1. The summed E-state index contributed by atoms with van der Waals surface area (Å²) in [4.78, 5) is 30.4. The topological polar surface area (TPSA) is 87.8 Å². The highest BCUT2D eigenvalue weighted by Crippen LogP contribution is 2.23. The van der Waals surface area contributed by atoms with Gasteiger partial charge in [-0.2, -0.15) is 5.26 Å². The van der Waals surface area contributed by atoms with Gasteiger partial charge in [0.1, 0.15) is 5.54 Å². The smallest absolute Gasteiger partial charge is 0.262 e. The third-order valence-electron chi connectivity index (χ3n) is 5.99. The number of rotatable bonds is 8. The second-order valence-electron chi connectivity index (χ2n) is 8.53. The lowest BCUT2D eigenvalue weighted by atomic mass is 9.90. The second-order valence-corrected chi connectivity index (χ2v) is 9.47. The molecule has 0 bridgehead atoms. The number of thioether (sulfide) groups is 1. The number of hydrogen-bond acceptors (Lipinski definition) is 5. The van der Waals surface area contributed by atoms with Gasteiger partial charge < -0.3 is 5.32 Å². The fraction of sp³-hybridized carbons (Fsp3) is 0.500. The number of allylic oxidation sites excluding steroid dienone is 2. The van der Waals surface area contributed by atoms with E-state index in [0.29, 0.717) is 22.6 Å². The van der Waals surface area contributed by atoms with E-state index in [1.54, 1.807) is 17.6 Å². The van der Waals surface area contributed by atoms with Crippen LogP contribution in [-0.2, 0) is 11.3 Å². The Morgan fingerprint density at radius 2 is 2.13 bits per heavy atom. The molecule has 6 nitrogen and oxygen atoms in total. The van der Waals surface area contributed by atoms with Gasteiger partial charge in [-0.25, -0.2) is 4.98 Å². The van der Waals surface area contributed by atoms with Gasteiger partial charge in [-0.15, -0.1) is 0 Å². The molecular formula is C24H30N4O2S. The Kier molecular flexibility index (Phi) is 7.55. The highest BCUT2D eigenvalue weighted by Gasteiger charge is 2.30. The number of fused-ring (bicyclic) bond motifs is 1. The van der Waals surface area contributed by atoms with Crippen LogP contribution < -0.4 is 10.9 Å². The van der Waals surface area contributed by atoms with Crippen molar-refractivity contribution in [2.75, 3.05) is 5.75 Å². The van der Waals surface area contributed by atoms with Crippen molar-refractivity contribution in [3.05, 3.63) is 46.3 Å². The number of nitrogens with one attached hydrogen (secondary N) is 1. The number of amides is 1. The monoisotopic (exact) mass is 438 g/mol. The lowest BCUT2D eigenvalue weighted by Crippen LogP contribution is -2.49. The minimum atomic E-state index is -0.929. The van der Waals surface area contributed by atoms with E-state index in [0.717, 1.165) is 19.3 Å². The summed E-state index contributed by atoms with van der Waals surface area (Å²) in [5, 5.41) is 13.4. The van der Waals surface area contributed by atoms with Crippen LogP contribution in [0, 0.1) is 17.2 Å². The Hall–Kier alpha value is -2.59. The van der Waals surface area contributed by atoms with Crippen molar-refractivity contribution in [2.24, 2.45) is 5.92 Å². The fourth-order valence-electron chi connectivity index (χ4n) is 3.60. The molecule has 1 amide bonds. The molecule has 7 heteroatoms. The van der Waals surface area contributed by atoms with Crippen LogP contribution in [0.15, 0.2) is 45.9 Å². The number of para-hydroxylation sites is 1. The Morgan fingerprint density at radius 1 is 1.35 bits per heavy atom. The summed E-state index contributed by atoms with van der Waals surface area (Å²) < 4.78 is 1.70. The van der Waals surface area contributed by atoms with Crippen LogP contribution in [0.1, 0.15) is 52.9 Å². The van der Waals surface area contributed by atoms with Crippen LogP contribution in [0.3, 0.4) is 0 Å². The molecule has 0 saturated carbocycles. The second kappa shape index (κ2) is 10.1. The number of carbonyl (C=O) groups is 1. The molecule has 0 fully saturated rings. The number of hydrogen-bond donors (Lipinski definition) is 1. The molecule has 0 radical (unpaired) electrons. The molecule has 0 spiro atoms. The minimum Gasteiger partial charge on any atom is -0.337 e. The van der Waals surface area contributed by atoms with E-state index >= 15 is 0 Å². The molecule has 1 heterocycles. The molecule has 164 valence electrons. The standard InChI is InChI=1S/C24H30N4O2S/c1-17(2)24(3,16-25)27-21(29)15-31-23-26-20-12-8-7-11-19(20)22(30)28(23)14-13-18-9-5-4-6-10-18/h7-9,11-12,17H,4-6,10,13-15H2,1-3H3,(H,27,29)/t24-/m1/s1. The molecule has 1 atom stereocenters. The molecule has 1 N–H and O–H groups in total. The molecule has 0 aliphatic heterocycles. The summed E-state index contributed by atoms with van der Waals surface area (Å²) >= 11 is 1.24. The van der Waals surface area contributed by atoms with Crippen LogP contribution in [0.25, 0.3) is 10.9 Å². The summed E-state index contributed by atoms with van der Waals surface area (Å²) in [6.45, 7) is 6.08. The largest absolute Gasteiger partial charge is 0.337 e. The van der Waals surface area contributed by atoms with Gasteiger partial charge in [-0.3, -0.25) is 14.2 Å². The van der Waals surface area contributed by atoms with Gasteiger partial charge in [0.15, 0.2) is 5.16 Å². The number of carbonyl (C=O) groups excluding carboxylic acids is 1. The summed E-state index contributed by atoms with van der Waals surface area (Å²) in [5.74, 6) is -0.170. The van der Waals surface area contributed by atoms with Crippen LogP contribution >= 0.6 is 11.8 Å². The maximum Gasteiger partial charge on any atom is 0.262 e. The van der Waals surface area contributed by atoms with E-state index in [9.17, 15) is 14.9 Å². The van der Waals surface area contributed by atoms with Crippen LogP contribution in [0.2, 0.25) is 0 Å². The maximum absolute atomic E-state index is 13.2. The summed E-state index contributed by atoms with van der Waals surface area (Å²) in [6.07, 6.45) is 7.73. The van der Waals surface area contributed by atoms with Gasteiger partial charge >= 0.3 is 0 Å². The molecule has 1 aromatic heterocycles. The number of nitriles is 1. The Labute approximate surface area is 187 Å². The normalized spacial score (nSPS) is 15.9. The minimum absolute atomic E-state index is 0.0211. The maximum atomic E-state index is 13.2. The van der Waals surface area contributed by atoms with Crippen molar-refractivity contribution in [3.8, 4) is 6.07 Å². The number of benzene rings is 1. The average molecular weight is 439 g/mol. The van der Waals surface area contributed by atoms with E-state index in [-0.39, 0.29) is 23.1 Å². The molecule has 1 aliphatic carbocycles.